The van der Waals surface area contributed by atoms with Crippen molar-refractivity contribution in [1.29, 1.82) is 5.41 Å². The normalized spacial score (nSPS) is 19.6. The number of nitrogens with one attached hydrogen (secondary N) is 1. The number of hydrogen-bond donors (Lipinski definition) is 2. The van der Waals surface area contributed by atoms with Gasteiger partial charge in [0.25, 0.3) is 0 Å². The molecule has 4 nitrogen and oxygen atoms in total. The highest BCUT2D eigenvalue weighted by molar-refractivity contribution is 5.95. The van der Waals surface area contributed by atoms with Gasteiger partial charge in [-0.1, -0.05) is 0 Å². The molecular weight excluding hydrogens is 243 g/mol. The summed E-state index contributed by atoms with van der Waals surface area (Å²) < 4.78 is 14.0. The zero-order valence-electron chi connectivity index (χ0n) is 11.5. The van der Waals surface area contributed by atoms with Crippen LogP contribution in [0.5, 0.6) is 0 Å². The van der Waals surface area contributed by atoms with Crippen LogP contribution in [-0.2, 0) is 0 Å². The molecule has 1 fully saturated rings. The number of benzene rings is 1. The van der Waals surface area contributed by atoms with Crippen molar-refractivity contribution in [2.45, 2.75) is 18.9 Å². The first-order valence-corrected chi connectivity index (χ1v) is 6.54. The van der Waals surface area contributed by atoms with E-state index in [0.29, 0.717) is 17.3 Å². The zero-order valence-corrected chi connectivity index (χ0v) is 11.5. The maximum atomic E-state index is 14.0. The number of likely N-dealkylation sites (N-methyl/N-ethyl adjacent to an activating group) is 2. The van der Waals surface area contributed by atoms with Gasteiger partial charge in [0.2, 0.25) is 0 Å². The Morgan fingerprint density at radius 2 is 2.32 bits per heavy atom. The van der Waals surface area contributed by atoms with Crippen molar-refractivity contribution in [3.8, 4) is 0 Å². The minimum absolute atomic E-state index is 0.108. The van der Waals surface area contributed by atoms with Gasteiger partial charge in [0, 0.05) is 25.2 Å². The van der Waals surface area contributed by atoms with E-state index in [-0.39, 0.29) is 11.7 Å². The van der Waals surface area contributed by atoms with Crippen molar-refractivity contribution in [1.82, 2.24) is 4.90 Å². The van der Waals surface area contributed by atoms with E-state index in [9.17, 15) is 4.39 Å². The maximum Gasteiger partial charge on any atom is 0.147 e. The Morgan fingerprint density at radius 3 is 2.84 bits per heavy atom. The molecule has 0 aromatic heterocycles. The van der Waals surface area contributed by atoms with Crippen LogP contribution >= 0.6 is 0 Å². The average molecular weight is 264 g/mol. The first-order chi connectivity index (χ1) is 8.99. The lowest BCUT2D eigenvalue weighted by Gasteiger charge is -2.27. The first-order valence-electron chi connectivity index (χ1n) is 6.54. The fraction of sp³-hybridized carbons (Fsp3) is 0.500. The monoisotopic (exact) mass is 264 g/mol. The summed E-state index contributed by atoms with van der Waals surface area (Å²) >= 11 is 0. The second-order valence-corrected chi connectivity index (χ2v) is 5.24. The van der Waals surface area contributed by atoms with Gasteiger partial charge in [-0.15, -0.1) is 0 Å². The van der Waals surface area contributed by atoms with Gasteiger partial charge in [0.05, 0.1) is 5.69 Å². The molecule has 0 saturated carbocycles. The number of anilines is 1. The summed E-state index contributed by atoms with van der Waals surface area (Å²) in [6.45, 7) is 1.93. The number of halogens is 1. The number of likely N-dealkylation sites (tertiary alicyclic amines) is 1. The molecule has 1 saturated heterocycles. The van der Waals surface area contributed by atoms with Gasteiger partial charge in [0.15, 0.2) is 0 Å². The van der Waals surface area contributed by atoms with Crippen molar-refractivity contribution in [3.63, 3.8) is 0 Å². The molecule has 104 valence electrons. The molecule has 2 rings (SSSR count). The summed E-state index contributed by atoms with van der Waals surface area (Å²) in [6, 6.07) is 5.19. The third kappa shape index (κ3) is 3.04. The molecule has 1 heterocycles. The van der Waals surface area contributed by atoms with Crippen LogP contribution < -0.4 is 10.6 Å². The van der Waals surface area contributed by atoms with Crippen LogP contribution in [0.15, 0.2) is 18.2 Å². The number of nitrogen functional groups attached to an aromatic ring is 1. The summed E-state index contributed by atoms with van der Waals surface area (Å²) in [7, 11) is 4.01. The van der Waals surface area contributed by atoms with Crippen molar-refractivity contribution < 1.29 is 4.39 Å². The molecule has 0 spiro atoms. The van der Waals surface area contributed by atoms with Gasteiger partial charge in [0.1, 0.15) is 11.7 Å². The molecule has 0 radical (unpaired) electrons. The Bertz CT molecular complexity index is 475. The van der Waals surface area contributed by atoms with E-state index >= 15 is 0 Å². The van der Waals surface area contributed by atoms with E-state index < -0.39 is 0 Å². The highest BCUT2D eigenvalue weighted by Crippen LogP contribution is 2.22. The molecular formula is C14H21FN4. The second-order valence-electron chi connectivity index (χ2n) is 5.24. The van der Waals surface area contributed by atoms with Crippen LogP contribution in [0, 0.1) is 11.2 Å². The first kappa shape index (κ1) is 13.8. The molecule has 1 unspecified atom stereocenters. The summed E-state index contributed by atoms with van der Waals surface area (Å²) in [5.74, 6) is -0.431. The van der Waals surface area contributed by atoms with Crippen molar-refractivity contribution in [2.75, 3.05) is 32.1 Å². The molecule has 0 aliphatic carbocycles. The third-order valence-corrected chi connectivity index (χ3v) is 3.83. The molecule has 1 atom stereocenters. The minimum atomic E-state index is -0.323. The summed E-state index contributed by atoms with van der Waals surface area (Å²) in [5.41, 5.74) is 6.34. The Hall–Kier alpha value is -1.62. The lowest BCUT2D eigenvalue weighted by atomic mass is 10.1. The minimum Gasteiger partial charge on any atom is -0.384 e. The summed E-state index contributed by atoms with van der Waals surface area (Å²) in [6.07, 6.45) is 2.37. The van der Waals surface area contributed by atoms with E-state index in [2.05, 4.69) is 11.9 Å². The van der Waals surface area contributed by atoms with Gasteiger partial charge in [-0.2, -0.15) is 0 Å². The van der Waals surface area contributed by atoms with Gasteiger partial charge in [-0.25, -0.2) is 4.39 Å². The van der Waals surface area contributed by atoms with E-state index in [4.69, 9.17) is 11.1 Å². The largest absolute Gasteiger partial charge is 0.384 e. The molecule has 0 amide bonds. The fourth-order valence-corrected chi connectivity index (χ4v) is 2.61. The van der Waals surface area contributed by atoms with Gasteiger partial charge in [-0.3, -0.25) is 5.41 Å². The number of nitrogens with zero attached hydrogens (tertiary/aromatic N) is 2. The smallest absolute Gasteiger partial charge is 0.147 e. The quantitative estimate of drug-likeness (QED) is 0.642. The Kier molecular flexibility index (Phi) is 4.04. The van der Waals surface area contributed by atoms with E-state index in [1.165, 1.54) is 12.5 Å². The predicted molar refractivity (Wildman–Crippen MR) is 76.3 cm³/mol. The average Bonchev–Trinajstić information content (AvgIpc) is 2.74. The summed E-state index contributed by atoms with van der Waals surface area (Å²) in [5, 5.41) is 7.31. The highest BCUT2D eigenvalue weighted by Gasteiger charge is 2.23. The second kappa shape index (κ2) is 5.57. The van der Waals surface area contributed by atoms with Crippen LogP contribution in [0.4, 0.5) is 10.1 Å². The predicted octanol–water partition coefficient (Wildman–Crippen LogP) is 1.64. The van der Waals surface area contributed by atoms with E-state index in [1.807, 2.05) is 11.9 Å². The molecule has 19 heavy (non-hydrogen) atoms. The zero-order chi connectivity index (χ0) is 14.0. The molecule has 1 aliphatic heterocycles. The van der Waals surface area contributed by atoms with Gasteiger partial charge >= 0.3 is 0 Å². The topological polar surface area (TPSA) is 56.4 Å². The molecule has 1 aliphatic rings. The van der Waals surface area contributed by atoms with E-state index in [0.717, 1.165) is 19.5 Å². The van der Waals surface area contributed by atoms with Crippen LogP contribution in [0.3, 0.4) is 0 Å². The fourth-order valence-electron chi connectivity index (χ4n) is 2.61. The van der Waals surface area contributed by atoms with Crippen LogP contribution in [-0.4, -0.2) is 44.0 Å². The third-order valence-electron chi connectivity index (χ3n) is 3.83. The van der Waals surface area contributed by atoms with Crippen molar-refractivity contribution in [2.24, 2.45) is 5.73 Å². The lowest BCUT2D eigenvalue weighted by molar-refractivity contribution is 0.314. The summed E-state index contributed by atoms with van der Waals surface area (Å²) in [4.78, 5) is 4.25. The molecule has 1 aromatic carbocycles. The van der Waals surface area contributed by atoms with E-state index in [1.54, 1.807) is 12.1 Å². The molecule has 0 bridgehead atoms. The Labute approximate surface area is 113 Å². The van der Waals surface area contributed by atoms with Crippen molar-refractivity contribution >= 4 is 11.5 Å². The number of rotatable bonds is 4. The lowest BCUT2D eigenvalue weighted by Crippen LogP contribution is -2.37. The van der Waals surface area contributed by atoms with Gasteiger partial charge in [-0.05, 0) is 44.6 Å². The maximum absolute atomic E-state index is 14.0. The Balaban J connectivity index is 2.10. The highest BCUT2D eigenvalue weighted by atomic mass is 19.1. The molecule has 5 heteroatoms. The van der Waals surface area contributed by atoms with Crippen LogP contribution in [0.1, 0.15) is 18.4 Å². The standard InChI is InChI=1S/C14H21FN4/c1-18-7-3-4-11(18)9-19(2)13-6-5-10(14(16)17)8-12(13)15/h5-6,8,11H,3-4,7,9H2,1-2H3,(H3,16,17). The SMILES string of the molecule is CN(CC1CCCN1C)c1ccc(C(=N)N)cc1F. The van der Waals surface area contributed by atoms with Gasteiger partial charge < -0.3 is 15.5 Å². The number of nitrogens with two attached hydrogens (primary N) is 1. The van der Waals surface area contributed by atoms with Crippen LogP contribution in [0.2, 0.25) is 0 Å². The number of hydrogen-bond acceptors (Lipinski definition) is 3. The van der Waals surface area contributed by atoms with Crippen LogP contribution in [0.25, 0.3) is 0 Å². The molecule has 1 aromatic rings. The Morgan fingerprint density at radius 1 is 1.58 bits per heavy atom. The van der Waals surface area contributed by atoms with Crippen molar-refractivity contribution in [3.05, 3.63) is 29.6 Å². The molecule has 3 N–H and O–H groups in total. The number of amidine groups is 1.